The van der Waals surface area contributed by atoms with Crippen molar-refractivity contribution in [1.29, 1.82) is 5.26 Å². The summed E-state index contributed by atoms with van der Waals surface area (Å²) in [5.41, 5.74) is 3.09. The first kappa shape index (κ1) is 22.1. The Morgan fingerprint density at radius 1 is 1.30 bits per heavy atom. The van der Waals surface area contributed by atoms with Gasteiger partial charge in [-0.1, -0.05) is 48.5 Å². The van der Waals surface area contributed by atoms with Crippen LogP contribution in [0.3, 0.4) is 0 Å². The van der Waals surface area contributed by atoms with E-state index in [2.05, 4.69) is 12.2 Å². The second kappa shape index (κ2) is 9.92. The molecule has 0 saturated heterocycles. The number of benzene rings is 1. The molecule has 8 heteroatoms. The highest BCUT2D eigenvalue weighted by atomic mass is 32.2. The summed E-state index contributed by atoms with van der Waals surface area (Å²) in [7, 11) is 0. The minimum atomic E-state index is -0.178. The number of thioether (sulfide) groups is 1. The third-order valence-electron chi connectivity index (χ3n) is 4.79. The maximum Gasteiger partial charge on any atom is 0.263 e. The topological polar surface area (TPSA) is 87.8 Å². The van der Waals surface area contributed by atoms with Crippen LogP contribution in [0, 0.1) is 25.2 Å². The number of nitriles is 1. The van der Waals surface area contributed by atoms with Gasteiger partial charge in [-0.05, 0) is 31.4 Å². The van der Waals surface area contributed by atoms with Gasteiger partial charge in [-0.2, -0.15) is 5.26 Å². The number of carbonyl (C=O) groups is 1. The lowest BCUT2D eigenvalue weighted by atomic mass is 10.1. The molecule has 1 aromatic carbocycles. The third kappa shape index (κ3) is 4.91. The smallest absolute Gasteiger partial charge is 0.263 e. The number of amides is 1. The van der Waals surface area contributed by atoms with Crippen molar-refractivity contribution in [1.82, 2.24) is 14.9 Å². The third-order valence-corrected chi connectivity index (χ3v) is 7.09. The molecule has 0 aliphatic rings. The maximum absolute atomic E-state index is 13.4. The number of aryl methyl sites for hydroxylation is 3. The summed E-state index contributed by atoms with van der Waals surface area (Å²) < 4.78 is 1.67. The van der Waals surface area contributed by atoms with Gasteiger partial charge in [0.1, 0.15) is 4.83 Å². The molecule has 0 saturated carbocycles. The molecule has 0 atom stereocenters. The van der Waals surface area contributed by atoms with E-state index in [1.54, 1.807) is 15.9 Å². The average molecular weight is 441 g/mol. The molecule has 0 spiro atoms. The van der Waals surface area contributed by atoms with E-state index in [0.717, 1.165) is 32.8 Å². The van der Waals surface area contributed by atoms with Gasteiger partial charge in [-0.25, -0.2) is 4.98 Å². The van der Waals surface area contributed by atoms with Gasteiger partial charge in [-0.15, -0.1) is 11.3 Å². The van der Waals surface area contributed by atoms with E-state index in [1.807, 2.05) is 44.2 Å². The fourth-order valence-corrected chi connectivity index (χ4v) is 5.13. The highest BCUT2D eigenvalue weighted by Crippen LogP contribution is 2.29. The Hall–Kier alpha value is -2.63. The maximum atomic E-state index is 13.4. The van der Waals surface area contributed by atoms with Crippen LogP contribution >= 0.6 is 23.1 Å². The molecular formula is C22H24N4O2S2. The van der Waals surface area contributed by atoms with E-state index in [1.165, 1.54) is 11.8 Å². The van der Waals surface area contributed by atoms with E-state index in [4.69, 9.17) is 10.2 Å². The Morgan fingerprint density at radius 3 is 2.70 bits per heavy atom. The zero-order chi connectivity index (χ0) is 21.7. The van der Waals surface area contributed by atoms with E-state index >= 15 is 0 Å². The van der Waals surface area contributed by atoms with Gasteiger partial charge in [0.2, 0.25) is 5.91 Å². The van der Waals surface area contributed by atoms with Crippen molar-refractivity contribution in [2.75, 3.05) is 12.3 Å². The van der Waals surface area contributed by atoms with E-state index in [0.29, 0.717) is 23.6 Å². The van der Waals surface area contributed by atoms with Gasteiger partial charge in [0.15, 0.2) is 5.16 Å². The fourth-order valence-electron chi connectivity index (χ4n) is 3.15. The van der Waals surface area contributed by atoms with Crippen molar-refractivity contribution in [3.8, 4) is 6.07 Å². The molecule has 3 rings (SSSR count). The summed E-state index contributed by atoms with van der Waals surface area (Å²) in [5.74, 6) is -0.0366. The lowest BCUT2D eigenvalue weighted by Crippen LogP contribution is -2.27. The number of fused-ring (bicyclic) bond motifs is 1. The standard InChI is InChI=1S/C22H24N4O2S2/c1-4-17-15(3)19-20(30-17)25-22(29-13-18(27)24-11-5-10-23)26(21(19)28)12-16-8-6-14(2)7-9-16/h6-9H,4-5,11-13H2,1-3H3,(H,24,27). The van der Waals surface area contributed by atoms with Crippen molar-refractivity contribution in [2.45, 2.75) is 45.3 Å². The molecule has 0 bridgehead atoms. The summed E-state index contributed by atoms with van der Waals surface area (Å²) in [6, 6.07) is 10.1. The second-order valence-corrected chi connectivity index (χ2v) is 9.03. The molecule has 2 aromatic heterocycles. The Morgan fingerprint density at radius 2 is 2.03 bits per heavy atom. The normalized spacial score (nSPS) is 10.9. The quantitative estimate of drug-likeness (QED) is 0.327. The van der Waals surface area contributed by atoms with Crippen molar-refractivity contribution < 1.29 is 4.79 Å². The zero-order valence-electron chi connectivity index (χ0n) is 17.3. The SMILES string of the molecule is CCc1sc2nc(SCC(=O)NCCC#N)n(Cc3ccc(C)cc3)c(=O)c2c1C. The zero-order valence-corrected chi connectivity index (χ0v) is 19.0. The highest BCUT2D eigenvalue weighted by molar-refractivity contribution is 7.99. The number of aromatic nitrogens is 2. The Bertz CT molecular complexity index is 1160. The molecule has 1 amide bonds. The molecule has 156 valence electrons. The number of thiophene rings is 1. The van der Waals surface area contributed by atoms with E-state index in [-0.39, 0.29) is 23.6 Å². The van der Waals surface area contributed by atoms with Crippen molar-refractivity contribution in [3.05, 3.63) is 56.2 Å². The molecule has 0 fully saturated rings. The van der Waals surface area contributed by atoms with Crippen LogP contribution in [0.25, 0.3) is 10.2 Å². The molecule has 2 heterocycles. The van der Waals surface area contributed by atoms with Crippen LogP contribution in [0.4, 0.5) is 0 Å². The number of nitrogens with zero attached hydrogens (tertiary/aromatic N) is 3. The fraction of sp³-hybridized carbons (Fsp3) is 0.364. The monoisotopic (exact) mass is 440 g/mol. The number of nitrogens with one attached hydrogen (secondary N) is 1. The van der Waals surface area contributed by atoms with Gasteiger partial charge < -0.3 is 5.32 Å². The molecule has 3 aromatic rings. The minimum Gasteiger partial charge on any atom is -0.354 e. The summed E-state index contributed by atoms with van der Waals surface area (Å²) >= 11 is 2.80. The summed E-state index contributed by atoms with van der Waals surface area (Å²) in [5, 5.41) is 12.5. The summed E-state index contributed by atoms with van der Waals surface area (Å²) in [6.45, 7) is 6.80. The van der Waals surface area contributed by atoms with Crippen LogP contribution < -0.4 is 10.9 Å². The second-order valence-electron chi connectivity index (χ2n) is 7.00. The largest absolute Gasteiger partial charge is 0.354 e. The van der Waals surface area contributed by atoms with Crippen LogP contribution in [0.5, 0.6) is 0 Å². The van der Waals surface area contributed by atoms with Crippen LogP contribution in [0.2, 0.25) is 0 Å². The Kier molecular flexibility index (Phi) is 7.29. The molecule has 0 aliphatic heterocycles. The number of rotatable bonds is 8. The summed E-state index contributed by atoms with van der Waals surface area (Å²) in [4.78, 5) is 32.1. The predicted octanol–water partition coefficient (Wildman–Crippen LogP) is 3.81. The molecule has 1 N–H and O–H groups in total. The Labute approximate surface area is 183 Å². The van der Waals surface area contributed by atoms with E-state index < -0.39 is 0 Å². The van der Waals surface area contributed by atoms with Crippen LogP contribution in [0.15, 0.2) is 34.2 Å². The number of hydrogen-bond acceptors (Lipinski definition) is 6. The lowest BCUT2D eigenvalue weighted by Gasteiger charge is -2.12. The molecule has 0 radical (unpaired) electrons. The van der Waals surface area contributed by atoms with Gasteiger partial charge >= 0.3 is 0 Å². The van der Waals surface area contributed by atoms with Crippen LogP contribution in [-0.2, 0) is 17.8 Å². The average Bonchev–Trinajstić information content (AvgIpc) is 3.06. The first-order valence-corrected chi connectivity index (χ1v) is 11.6. The highest BCUT2D eigenvalue weighted by Gasteiger charge is 2.18. The molecule has 6 nitrogen and oxygen atoms in total. The predicted molar refractivity (Wildman–Crippen MR) is 122 cm³/mol. The van der Waals surface area contributed by atoms with Crippen molar-refractivity contribution in [2.24, 2.45) is 0 Å². The minimum absolute atomic E-state index is 0.0681. The number of hydrogen-bond donors (Lipinski definition) is 1. The van der Waals surface area contributed by atoms with Crippen LogP contribution in [0.1, 0.15) is 34.9 Å². The first-order valence-electron chi connectivity index (χ1n) is 9.79. The first-order chi connectivity index (χ1) is 14.4. The van der Waals surface area contributed by atoms with E-state index in [9.17, 15) is 9.59 Å². The van der Waals surface area contributed by atoms with Gasteiger partial charge in [-0.3, -0.25) is 14.2 Å². The van der Waals surface area contributed by atoms with Crippen LogP contribution in [-0.4, -0.2) is 27.8 Å². The number of carbonyl (C=O) groups excluding carboxylic acids is 1. The molecule has 0 unspecified atom stereocenters. The van der Waals surface area contributed by atoms with Gasteiger partial charge in [0.05, 0.1) is 30.2 Å². The van der Waals surface area contributed by atoms with Crippen molar-refractivity contribution >= 4 is 39.2 Å². The molecule has 0 aliphatic carbocycles. The molecular weight excluding hydrogens is 416 g/mol. The van der Waals surface area contributed by atoms with Crippen molar-refractivity contribution in [3.63, 3.8) is 0 Å². The lowest BCUT2D eigenvalue weighted by molar-refractivity contribution is -0.118. The Balaban J connectivity index is 1.98. The summed E-state index contributed by atoms with van der Waals surface area (Å²) in [6.07, 6.45) is 1.13. The van der Waals surface area contributed by atoms with Gasteiger partial charge in [0.25, 0.3) is 5.56 Å². The molecule has 30 heavy (non-hydrogen) atoms. The van der Waals surface area contributed by atoms with Gasteiger partial charge in [0, 0.05) is 11.4 Å².